The van der Waals surface area contributed by atoms with E-state index in [0.29, 0.717) is 30.7 Å². The lowest BCUT2D eigenvalue weighted by molar-refractivity contribution is -0.0503. The van der Waals surface area contributed by atoms with Gasteiger partial charge in [0.2, 0.25) is 0 Å². The van der Waals surface area contributed by atoms with Crippen LogP contribution < -0.4 is 9.47 Å². The van der Waals surface area contributed by atoms with E-state index in [1.165, 1.54) is 12.1 Å². The first-order chi connectivity index (χ1) is 13.5. The molecule has 2 aromatic carbocycles. The van der Waals surface area contributed by atoms with Crippen molar-refractivity contribution in [2.75, 3.05) is 33.3 Å². The van der Waals surface area contributed by atoms with Crippen LogP contribution in [0.3, 0.4) is 0 Å². The molecule has 150 valence electrons. The number of benzene rings is 2. The van der Waals surface area contributed by atoms with E-state index in [4.69, 9.17) is 4.74 Å². The third kappa shape index (κ3) is 5.20. The number of ether oxygens (including phenoxy) is 2. The molecule has 28 heavy (non-hydrogen) atoms. The summed E-state index contributed by atoms with van der Waals surface area (Å²) < 4.78 is 35.7. The third-order valence-corrected chi connectivity index (χ3v) is 5.08. The molecule has 2 aromatic rings. The summed E-state index contributed by atoms with van der Waals surface area (Å²) in [4.78, 5) is 16.8. The molecular formula is C20H21BrF2N2O3. The van der Waals surface area contributed by atoms with E-state index >= 15 is 0 Å². The maximum atomic E-state index is 12.8. The number of alkyl halides is 2. The van der Waals surface area contributed by atoms with Gasteiger partial charge in [0.25, 0.3) is 5.91 Å². The Balaban J connectivity index is 1.63. The number of hydrogen-bond acceptors (Lipinski definition) is 4. The normalized spacial score (nSPS) is 15.0. The Morgan fingerprint density at radius 3 is 2.57 bits per heavy atom. The molecule has 0 saturated carbocycles. The Hall–Kier alpha value is -2.19. The minimum Gasteiger partial charge on any atom is -0.497 e. The van der Waals surface area contributed by atoms with Crippen LogP contribution in [0.5, 0.6) is 11.5 Å². The number of methoxy groups -OCH3 is 1. The topological polar surface area (TPSA) is 42.0 Å². The van der Waals surface area contributed by atoms with Gasteiger partial charge in [-0.05, 0) is 35.9 Å². The molecule has 5 nitrogen and oxygen atoms in total. The van der Waals surface area contributed by atoms with Gasteiger partial charge in [0, 0.05) is 37.2 Å². The molecule has 1 fully saturated rings. The van der Waals surface area contributed by atoms with E-state index in [1.807, 2.05) is 24.3 Å². The van der Waals surface area contributed by atoms with Gasteiger partial charge in [0.15, 0.2) is 0 Å². The summed E-state index contributed by atoms with van der Waals surface area (Å²) in [7, 11) is 1.64. The maximum absolute atomic E-state index is 12.8. The zero-order valence-electron chi connectivity index (χ0n) is 15.4. The highest BCUT2D eigenvalue weighted by molar-refractivity contribution is 9.10. The average Bonchev–Trinajstić information content (AvgIpc) is 2.69. The summed E-state index contributed by atoms with van der Waals surface area (Å²) in [6.07, 6.45) is 0. The molecular weight excluding hydrogens is 434 g/mol. The number of halogens is 3. The number of nitrogens with zero attached hydrogens (tertiary/aromatic N) is 2. The van der Waals surface area contributed by atoms with Gasteiger partial charge in [-0.25, -0.2) is 0 Å². The van der Waals surface area contributed by atoms with E-state index in [2.05, 4.69) is 25.6 Å². The quantitative estimate of drug-likeness (QED) is 0.660. The molecule has 1 saturated heterocycles. The van der Waals surface area contributed by atoms with Crippen LogP contribution in [0.25, 0.3) is 0 Å². The van der Waals surface area contributed by atoms with Gasteiger partial charge in [-0.2, -0.15) is 8.78 Å². The summed E-state index contributed by atoms with van der Waals surface area (Å²) >= 11 is 3.28. The van der Waals surface area contributed by atoms with Crippen LogP contribution in [-0.4, -0.2) is 55.6 Å². The van der Waals surface area contributed by atoms with Crippen LogP contribution in [0.1, 0.15) is 15.9 Å². The van der Waals surface area contributed by atoms with Crippen molar-refractivity contribution in [1.82, 2.24) is 9.80 Å². The monoisotopic (exact) mass is 454 g/mol. The molecule has 0 unspecified atom stereocenters. The molecule has 1 heterocycles. The van der Waals surface area contributed by atoms with E-state index in [0.717, 1.165) is 17.9 Å². The maximum Gasteiger partial charge on any atom is 0.387 e. The fourth-order valence-corrected chi connectivity index (χ4v) is 3.54. The van der Waals surface area contributed by atoms with Gasteiger partial charge < -0.3 is 14.4 Å². The van der Waals surface area contributed by atoms with Gasteiger partial charge in [-0.3, -0.25) is 9.69 Å². The van der Waals surface area contributed by atoms with Crippen LogP contribution in [0.4, 0.5) is 8.78 Å². The Labute approximate surface area is 171 Å². The number of amides is 1. The van der Waals surface area contributed by atoms with Crippen molar-refractivity contribution in [2.45, 2.75) is 13.2 Å². The van der Waals surface area contributed by atoms with E-state index in [1.54, 1.807) is 18.1 Å². The second kappa shape index (κ2) is 9.34. The summed E-state index contributed by atoms with van der Waals surface area (Å²) in [5, 5.41) is 0. The molecule has 3 rings (SSSR count). The third-order valence-electron chi connectivity index (χ3n) is 4.59. The minimum absolute atomic E-state index is 0.109. The number of hydrogen-bond donors (Lipinski definition) is 0. The first-order valence-corrected chi connectivity index (χ1v) is 9.64. The van der Waals surface area contributed by atoms with Crippen LogP contribution in [0.2, 0.25) is 0 Å². The lowest BCUT2D eigenvalue weighted by atomic mass is 10.1. The van der Waals surface area contributed by atoms with Crippen LogP contribution in [0.15, 0.2) is 46.9 Å². The average molecular weight is 455 g/mol. The molecule has 0 aliphatic carbocycles. The molecule has 0 atom stereocenters. The fraction of sp³-hybridized carbons (Fsp3) is 0.350. The van der Waals surface area contributed by atoms with E-state index < -0.39 is 6.61 Å². The van der Waals surface area contributed by atoms with Crippen molar-refractivity contribution >= 4 is 21.8 Å². The number of piperazine rings is 1. The molecule has 0 spiro atoms. The molecule has 0 N–H and O–H groups in total. The Morgan fingerprint density at radius 2 is 1.89 bits per heavy atom. The van der Waals surface area contributed by atoms with Crippen molar-refractivity contribution in [2.24, 2.45) is 0 Å². The van der Waals surface area contributed by atoms with E-state index in [-0.39, 0.29) is 17.2 Å². The summed E-state index contributed by atoms with van der Waals surface area (Å²) in [6, 6.07) is 12.3. The number of carbonyl (C=O) groups excluding carboxylic acids is 1. The Kier molecular flexibility index (Phi) is 6.85. The predicted molar refractivity (Wildman–Crippen MR) is 105 cm³/mol. The SMILES string of the molecule is COc1cccc(CN2CCN(C(=O)c3cc(Br)ccc3OC(F)F)CC2)c1. The molecule has 1 aliphatic rings. The van der Waals surface area contributed by atoms with Crippen molar-refractivity contribution in [3.63, 3.8) is 0 Å². The van der Waals surface area contributed by atoms with Gasteiger partial charge in [0.05, 0.1) is 12.7 Å². The zero-order valence-corrected chi connectivity index (χ0v) is 17.0. The number of rotatable bonds is 6. The van der Waals surface area contributed by atoms with Crippen molar-refractivity contribution in [3.8, 4) is 11.5 Å². The van der Waals surface area contributed by atoms with Crippen molar-refractivity contribution in [3.05, 3.63) is 58.1 Å². The second-order valence-electron chi connectivity index (χ2n) is 6.44. The largest absolute Gasteiger partial charge is 0.497 e. The minimum atomic E-state index is -2.98. The molecule has 0 radical (unpaired) electrons. The highest BCUT2D eigenvalue weighted by Gasteiger charge is 2.25. The highest BCUT2D eigenvalue weighted by Crippen LogP contribution is 2.26. The van der Waals surface area contributed by atoms with Crippen LogP contribution >= 0.6 is 15.9 Å². The molecule has 0 aromatic heterocycles. The van der Waals surface area contributed by atoms with Crippen LogP contribution in [0, 0.1) is 0 Å². The molecule has 0 bridgehead atoms. The standard InChI is InChI=1S/C20H21BrF2N2O3/c1-27-16-4-2-3-14(11-16)13-24-7-9-25(10-8-24)19(26)17-12-15(21)5-6-18(17)28-20(22)23/h2-6,11-12,20H,7-10,13H2,1H3. The lowest BCUT2D eigenvalue weighted by Gasteiger charge is -2.35. The first-order valence-electron chi connectivity index (χ1n) is 8.85. The zero-order chi connectivity index (χ0) is 20.1. The molecule has 1 amide bonds. The lowest BCUT2D eigenvalue weighted by Crippen LogP contribution is -2.48. The smallest absolute Gasteiger partial charge is 0.387 e. The Morgan fingerprint density at radius 1 is 1.14 bits per heavy atom. The Bertz CT molecular complexity index is 827. The highest BCUT2D eigenvalue weighted by atomic mass is 79.9. The second-order valence-corrected chi connectivity index (χ2v) is 7.35. The number of carbonyl (C=O) groups is 1. The predicted octanol–water partition coefficient (Wildman–Crippen LogP) is 4.02. The van der Waals surface area contributed by atoms with Gasteiger partial charge in [-0.15, -0.1) is 0 Å². The molecule has 1 aliphatic heterocycles. The molecule has 8 heteroatoms. The van der Waals surface area contributed by atoms with Gasteiger partial charge in [0.1, 0.15) is 11.5 Å². The van der Waals surface area contributed by atoms with Crippen molar-refractivity contribution in [1.29, 1.82) is 0 Å². The summed E-state index contributed by atoms with van der Waals surface area (Å²) in [5.74, 6) is 0.396. The van der Waals surface area contributed by atoms with Crippen LogP contribution in [-0.2, 0) is 6.54 Å². The van der Waals surface area contributed by atoms with E-state index in [9.17, 15) is 13.6 Å². The first kappa shape index (κ1) is 20.5. The van der Waals surface area contributed by atoms with Gasteiger partial charge in [-0.1, -0.05) is 28.1 Å². The summed E-state index contributed by atoms with van der Waals surface area (Å²) in [5.41, 5.74) is 1.27. The fourth-order valence-electron chi connectivity index (χ4n) is 3.18. The summed E-state index contributed by atoms with van der Waals surface area (Å²) in [6.45, 7) is 0.208. The van der Waals surface area contributed by atoms with Gasteiger partial charge >= 0.3 is 6.61 Å². The van der Waals surface area contributed by atoms with Crippen molar-refractivity contribution < 1.29 is 23.0 Å².